The van der Waals surface area contributed by atoms with E-state index in [4.69, 9.17) is 23.2 Å². The van der Waals surface area contributed by atoms with Crippen LogP contribution in [0.5, 0.6) is 0 Å². The second-order valence-electron chi connectivity index (χ2n) is 3.51. The number of nitrogens with one attached hydrogen (secondary N) is 1. The lowest BCUT2D eigenvalue weighted by atomic mass is 10.2. The summed E-state index contributed by atoms with van der Waals surface area (Å²) >= 11 is 13.4. The molecule has 21 heavy (non-hydrogen) atoms. The van der Waals surface area contributed by atoms with E-state index in [1.54, 1.807) is 4.45 Å². The van der Waals surface area contributed by atoms with Gasteiger partial charge in [-0.3, -0.25) is 4.79 Å². The SMILES string of the molecule is O=C(N(NBr)c1c(Cl)cc(C(F)(F)F)cc1Cl)C(F)(F)F. The number of carbonyl (C=O) groups is 1. The summed E-state index contributed by atoms with van der Waals surface area (Å²) in [6.45, 7) is 0. The number of hydrogen-bond acceptors (Lipinski definition) is 2. The Balaban J connectivity index is 3.40. The van der Waals surface area contributed by atoms with Crippen molar-refractivity contribution in [2.75, 3.05) is 5.01 Å². The summed E-state index contributed by atoms with van der Waals surface area (Å²) in [5, 5.41) is -1.75. The second kappa shape index (κ2) is 6.19. The van der Waals surface area contributed by atoms with Crippen LogP contribution in [0.1, 0.15) is 5.56 Å². The van der Waals surface area contributed by atoms with Gasteiger partial charge in [0.25, 0.3) is 0 Å². The maximum Gasteiger partial charge on any atom is 0.473 e. The van der Waals surface area contributed by atoms with Crippen molar-refractivity contribution in [2.24, 2.45) is 0 Å². The molecule has 1 amide bonds. The number of rotatable bonds is 2. The molecule has 0 atom stereocenters. The molecule has 3 nitrogen and oxygen atoms in total. The van der Waals surface area contributed by atoms with Gasteiger partial charge in [-0.1, -0.05) is 23.2 Å². The number of amides is 1. The van der Waals surface area contributed by atoms with Crippen LogP contribution in [0.2, 0.25) is 10.0 Å². The van der Waals surface area contributed by atoms with Crippen molar-refractivity contribution < 1.29 is 31.1 Å². The Morgan fingerprint density at radius 1 is 1.10 bits per heavy atom. The molecule has 0 radical (unpaired) electrons. The van der Waals surface area contributed by atoms with Gasteiger partial charge in [-0.2, -0.15) is 30.8 Å². The molecule has 12 heteroatoms. The molecule has 0 heterocycles. The fourth-order valence-corrected chi connectivity index (χ4v) is 2.25. The average Bonchev–Trinajstić information content (AvgIpc) is 2.30. The number of alkyl halides is 6. The summed E-state index contributed by atoms with van der Waals surface area (Å²) in [6, 6.07) is 0.702. The van der Waals surface area contributed by atoms with Gasteiger partial charge in [0.05, 0.1) is 21.3 Å². The zero-order valence-electron chi connectivity index (χ0n) is 9.41. The number of hydrazine groups is 1. The molecule has 0 aromatic heterocycles. The molecule has 118 valence electrons. The Labute approximate surface area is 132 Å². The minimum atomic E-state index is -5.30. The van der Waals surface area contributed by atoms with E-state index in [1.807, 2.05) is 0 Å². The van der Waals surface area contributed by atoms with Crippen LogP contribution in [0.4, 0.5) is 32.0 Å². The molecule has 0 aliphatic heterocycles. The van der Waals surface area contributed by atoms with E-state index in [1.165, 1.54) is 0 Å². The van der Waals surface area contributed by atoms with Crippen LogP contribution in [0, 0.1) is 0 Å². The molecule has 1 aromatic rings. The van der Waals surface area contributed by atoms with E-state index >= 15 is 0 Å². The Kier molecular flexibility index (Phi) is 5.40. The quantitative estimate of drug-likeness (QED) is 0.427. The van der Waals surface area contributed by atoms with Gasteiger partial charge in [0.2, 0.25) is 0 Å². The third-order valence-electron chi connectivity index (χ3n) is 2.10. The summed E-state index contributed by atoms with van der Waals surface area (Å²) in [4.78, 5) is 11.2. The number of anilines is 1. The van der Waals surface area contributed by atoms with Crippen LogP contribution in [-0.2, 0) is 11.0 Å². The molecule has 0 saturated carbocycles. The van der Waals surface area contributed by atoms with Crippen LogP contribution < -0.4 is 9.46 Å². The highest BCUT2D eigenvalue weighted by atomic mass is 79.9. The smallest absolute Gasteiger partial charge is 0.262 e. The lowest BCUT2D eigenvalue weighted by molar-refractivity contribution is -0.170. The Hall–Kier alpha value is -0.710. The minimum Gasteiger partial charge on any atom is -0.262 e. The first kappa shape index (κ1) is 18.3. The summed E-state index contributed by atoms with van der Waals surface area (Å²) in [5.74, 6) is -2.43. The predicted octanol–water partition coefficient (Wildman–Crippen LogP) is 4.72. The normalized spacial score (nSPS) is 12.4. The topological polar surface area (TPSA) is 32.3 Å². The molecule has 1 aromatic carbocycles. The Morgan fingerprint density at radius 2 is 1.52 bits per heavy atom. The third kappa shape index (κ3) is 4.15. The second-order valence-corrected chi connectivity index (χ2v) is 4.68. The molecule has 0 aliphatic carbocycles. The van der Waals surface area contributed by atoms with Gasteiger partial charge in [-0.15, -0.1) is 0 Å². The van der Waals surface area contributed by atoms with E-state index in [9.17, 15) is 31.1 Å². The molecule has 0 unspecified atom stereocenters. The van der Waals surface area contributed by atoms with Crippen molar-refractivity contribution in [3.05, 3.63) is 27.7 Å². The number of benzene rings is 1. The van der Waals surface area contributed by atoms with Crippen molar-refractivity contribution in [3.63, 3.8) is 0 Å². The molecule has 0 saturated heterocycles. The monoisotopic (exact) mass is 418 g/mol. The fourth-order valence-electron chi connectivity index (χ4n) is 1.25. The number of carbonyl (C=O) groups excluding carboxylic acids is 1. The largest absolute Gasteiger partial charge is 0.473 e. The van der Waals surface area contributed by atoms with Crippen molar-refractivity contribution in [3.8, 4) is 0 Å². The summed E-state index contributed by atoms with van der Waals surface area (Å²) in [6.07, 6.45) is -10.1. The number of nitrogens with zero attached hydrogens (tertiary/aromatic N) is 1. The molecule has 0 bridgehead atoms. The first-order chi connectivity index (χ1) is 9.39. The zero-order chi connectivity index (χ0) is 16.6. The zero-order valence-corrected chi connectivity index (χ0v) is 12.5. The van der Waals surface area contributed by atoms with Gasteiger partial charge in [0.1, 0.15) is 0 Å². The van der Waals surface area contributed by atoms with Crippen LogP contribution in [-0.4, -0.2) is 12.1 Å². The van der Waals surface area contributed by atoms with E-state index in [-0.39, 0.29) is 5.01 Å². The molecule has 0 aliphatic rings. The summed E-state index contributed by atoms with van der Waals surface area (Å²) in [5.41, 5.74) is -2.04. The maximum absolute atomic E-state index is 12.5. The van der Waals surface area contributed by atoms with E-state index in [2.05, 4.69) is 16.1 Å². The van der Waals surface area contributed by atoms with Gasteiger partial charge in [-0.05, 0) is 12.1 Å². The van der Waals surface area contributed by atoms with Gasteiger partial charge >= 0.3 is 18.3 Å². The Morgan fingerprint density at radius 3 is 1.81 bits per heavy atom. The summed E-state index contributed by atoms with van der Waals surface area (Å²) < 4.78 is 76.4. The molecule has 0 spiro atoms. The standard InChI is InChI=1S/C9H3BrCl2F6N2O/c10-19-20(7(21)9(16,17)18)6-4(11)1-3(2-5(6)12)8(13,14)15/h1-2,19H. The van der Waals surface area contributed by atoms with Crippen molar-refractivity contribution in [1.82, 2.24) is 4.45 Å². The Bertz CT molecular complexity index is 539. The first-order valence-corrected chi connectivity index (χ1v) is 6.28. The van der Waals surface area contributed by atoms with Crippen LogP contribution in [0.25, 0.3) is 0 Å². The highest BCUT2D eigenvalue weighted by Gasteiger charge is 2.44. The van der Waals surface area contributed by atoms with Crippen molar-refractivity contribution in [2.45, 2.75) is 12.4 Å². The van der Waals surface area contributed by atoms with Crippen LogP contribution in [0.3, 0.4) is 0 Å². The van der Waals surface area contributed by atoms with Crippen molar-refractivity contribution >= 4 is 50.9 Å². The van der Waals surface area contributed by atoms with E-state index in [0.29, 0.717) is 12.1 Å². The number of halogens is 9. The fraction of sp³-hybridized carbons (Fsp3) is 0.222. The lowest BCUT2D eigenvalue weighted by Crippen LogP contribution is -2.46. The van der Waals surface area contributed by atoms with E-state index < -0.39 is 39.6 Å². The van der Waals surface area contributed by atoms with Gasteiger partial charge < -0.3 is 0 Å². The molecular formula is C9H3BrCl2F6N2O. The van der Waals surface area contributed by atoms with Crippen molar-refractivity contribution in [1.29, 1.82) is 0 Å². The lowest BCUT2D eigenvalue weighted by Gasteiger charge is -2.24. The minimum absolute atomic E-state index is 0.162. The van der Waals surface area contributed by atoms with Gasteiger partial charge in [-0.25, -0.2) is 5.01 Å². The van der Waals surface area contributed by atoms with Crippen LogP contribution in [0.15, 0.2) is 12.1 Å². The molecule has 0 fully saturated rings. The van der Waals surface area contributed by atoms with Gasteiger partial charge in [0.15, 0.2) is 0 Å². The third-order valence-corrected chi connectivity index (χ3v) is 3.03. The average molecular weight is 420 g/mol. The molecule has 1 N–H and O–H groups in total. The predicted molar refractivity (Wildman–Crippen MR) is 67.1 cm³/mol. The molecular weight excluding hydrogens is 417 g/mol. The summed E-state index contributed by atoms with van der Waals surface area (Å²) in [7, 11) is 0. The first-order valence-electron chi connectivity index (χ1n) is 4.73. The van der Waals surface area contributed by atoms with E-state index in [0.717, 1.165) is 0 Å². The molecule has 1 rings (SSSR count). The number of hydrogen-bond donors (Lipinski definition) is 1. The van der Waals surface area contributed by atoms with Gasteiger partial charge in [0, 0.05) is 16.1 Å². The van der Waals surface area contributed by atoms with Crippen LogP contribution >= 0.6 is 39.3 Å². The maximum atomic E-state index is 12.5. The highest BCUT2D eigenvalue weighted by Crippen LogP contribution is 2.40. The highest BCUT2D eigenvalue weighted by molar-refractivity contribution is 9.08.